The summed E-state index contributed by atoms with van der Waals surface area (Å²) in [4.78, 5) is 2.42. The Bertz CT molecular complexity index is 398. The van der Waals surface area contributed by atoms with Crippen LogP contribution in [0.5, 0.6) is 0 Å². The number of rotatable bonds is 8. The Kier molecular flexibility index (Phi) is 6.67. The quantitative estimate of drug-likeness (QED) is 0.798. The molecule has 1 N–H and O–H groups in total. The second kappa shape index (κ2) is 8.51. The van der Waals surface area contributed by atoms with Crippen LogP contribution in [0.3, 0.4) is 0 Å². The van der Waals surface area contributed by atoms with Gasteiger partial charge in [-0.3, -0.25) is 4.90 Å². The molecule has 0 saturated carbocycles. The normalized spacial score (nSPS) is 17.7. The minimum absolute atomic E-state index is 0.441. The molecule has 2 rings (SSSR count). The standard InChI is InChI=1S/C16H29N3O2/c1-4-20-15-5-7-19(8-6-15)12-16-9-14(18-21-16)11-17-10-13(2)3/h9,13,15,17H,4-8,10-12H2,1-3H3. The van der Waals surface area contributed by atoms with Gasteiger partial charge in [-0.15, -0.1) is 0 Å². The Hall–Kier alpha value is -0.910. The lowest BCUT2D eigenvalue weighted by Gasteiger charge is -2.30. The van der Waals surface area contributed by atoms with Crippen molar-refractivity contribution >= 4 is 0 Å². The third-order valence-corrected chi connectivity index (χ3v) is 3.78. The zero-order valence-electron chi connectivity index (χ0n) is 13.6. The molecule has 0 aliphatic carbocycles. The third kappa shape index (κ3) is 5.77. The second-order valence-electron chi connectivity index (χ2n) is 6.24. The van der Waals surface area contributed by atoms with Crippen LogP contribution in [0.4, 0.5) is 0 Å². The average molecular weight is 295 g/mol. The van der Waals surface area contributed by atoms with E-state index in [-0.39, 0.29) is 0 Å². The Morgan fingerprint density at radius 3 is 2.86 bits per heavy atom. The van der Waals surface area contributed by atoms with Gasteiger partial charge in [-0.2, -0.15) is 0 Å². The number of piperidine rings is 1. The van der Waals surface area contributed by atoms with Crippen molar-refractivity contribution in [1.29, 1.82) is 0 Å². The van der Waals surface area contributed by atoms with Gasteiger partial charge in [0.1, 0.15) is 0 Å². The molecule has 1 aromatic rings. The summed E-state index contributed by atoms with van der Waals surface area (Å²) in [5.41, 5.74) is 0.995. The summed E-state index contributed by atoms with van der Waals surface area (Å²) in [6.45, 7) is 12.1. The fraction of sp³-hybridized carbons (Fsp3) is 0.812. The van der Waals surface area contributed by atoms with Crippen LogP contribution in [0.15, 0.2) is 10.6 Å². The molecule has 0 bridgehead atoms. The van der Waals surface area contributed by atoms with E-state index in [4.69, 9.17) is 9.26 Å². The molecule has 21 heavy (non-hydrogen) atoms. The molecular weight excluding hydrogens is 266 g/mol. The number of aromatic nitrogens is 1. The third-order valence-electron chi connectivity index (χ3n) is 3.78. The summed E-state index contributed by atoms with van der Waals surface area (Å²) in [5, 5.41) is 7.52. The van der Waals surface area contributed by atoms with Gasteiger partial charge in [-0.25, -0.2) is 0 Å². The molecule has 1 aliphatic heterocycles. The van der Waals surface area contributed by atoms with Crippen LogP contribution in [0.25, 0.3) is 0 Å². The lowest BCUT2D eigenvalue weighted by atomic mass is 10.1. The predicted octanol–water partition coefficient (Wildman–Crippen LogP) is 2.42. The molecule has 1 saturated heterocycles. The van der Waals surface area contributed by atoms with Gasteiger partial charge in [0, 0.05) is 32.3 Å². The van der Waals surface area contributed by atoms with Crippen molar-refractivity contribution in [2.75, 3.05) is 26.2 Å². The van der Waals surface area contributed by atoms with Crippen LogP contribution in [0.1, 0.15) is 45.1 Å². The highest BCUT2D eigenvalue weighted by atomic mass is 16.5. The fourth-order valence-electron chi connectivity index (χ4n) is 2.69. The smallest absolute Gasteiger partial charge is 0.151 e. The van der Waals surface area contributed by atoms with Crippen molar-refractivity contribution in [3.8, 4) is 0 Å². The Balaban J connectivity index is 1.70. The van der Waals surface area contributed by atoms with Gasteiger partial charge < -0.3 is 14.6 Å². The van der Waals surface area contributed by atoms with E-state index < -0.39 is 0 Å². The topological polar surface area (TPSA) is 50.5 Å². The molecule has 2 heterocycles. The first-order chi connectivity index (χ1) is 10.2. The molecule has 120 valence electrons. The van der Waals surface area contributed by atoms with Crippen LogP contribution in [-0.2, 0) is 17.8 Å². The lowest BCUT2D eigenvalue weighted by molar-refractivity contribution is 0.0108. The number of likely N-dealkylation sites (tertiary alicyclic amines) is 1. The highest BCUT2D eigenvalue weighted by Gasteiger charge is 2.20. The van der Waals surface area contributed by atoms with E-state index in [0.717, 1.165) is 63.6 Å². The van der Waals surface area contributed by atoms with Crippen LogP contribution in [0, 0.1) is 5.92 Å². The summed E-state index contributed by atoms with van der Waals surface area (Å²) in [6, 6.07) is 2.07. The molecule has 1 aromatic heterocycles. The average Bonchev–Trinajstić information content (AvgIpc) is 2.88. The van der Waals surface area contributed by atoms with Gasteiger partial charge in [0.2, 0.25) is 0 Å². The largest absolute Gasteiger partial charge is 0.378 e. The van der Waals surface area contributed by atoms with Crippen molar-refractivity contribution in [2.24, 2.45) is 5.92 Å². The van der Waals surface area contributed by atoms with E-state index in [1.54, 1.807) is 0 Å². The molecule has 1 fully saturated rings. The number of hydrogen-bond acceptors (Lipinski definition) is 5. The van der Waals surface area contributed by atoms with Crippen LogP contribution in [0.2, 0.25) is 0 Å². The van der Waals surface area contributed by atoms with Crippen molar-refractivity contribution in [2.45, 2.75) is 52.8 Å². The zero-order chi connectivity index (χ0) is 15.1. The summed E-state index contributed by atoms with van der Waals surface area (Å²) in [7, 11) is 0. The Morgan fingerprint density at radius 2 is 2.19 bits per heavy atom. The van der Waals surface area contributed by atoms with Gasteiger partial charge in [-0.05, 0) is 32.2 Å². The molecular formula is C16H29N3O2. The molecule has 1 aliphatic rings. The van der Waals surface area contributed by atoms with E-state index in [1.165, 1.54) is 0 Å². The SMILES string of the molecule is CCOC1CCN(Cc2cc(CNCC(C)C)no2)CC1. The molecule has 0 radical (unpaired) electrons. The molecule has 0 amide bonds. The molecule has 0 aromatic carbocycles. The summed E-state index contributed by atoms with van der Waals surface area (Å²) >= 11 is 0. The van der Waals surface area contributed by atoms with Crippen LogP contribution in [-0.4, -0.2) is 42.4 Å². The van der Waals surface area contributed by atoms with Gasteiger partial charge in [0.05, 0.1) is 18.3 Å². The van der Waals surface area contributed by atoms with Crippen LogP contribution >= 0.6 is 0 Å². The van der Waals surface area contributed by atoms with Crippen molar-refractivity contribution in [3.63, 3.8) is 0 Å². The van der Waals surface area contributed by atoms with Crippen molar-refractivity contribution in [1.82, 2.24) is 15.4 Å². The first-order valence-corrected chi connectivity index (χ1v) is 8.16. The first-order valence-electron chi connectivity index (χ1n) is 8.16. The fourth-order valence-corrected chi connectivity index (χ4v) is 2.69. The molecule has 5 heteroatoms. The number of hydrogen-bond donors (Lipinski definition) is 1. The zero-order valence-corrected chi connectivity index (χ0v) is 13.6. The molecule has 0 spiro atoms. The molecule has 5 nitrogen and oxygen atoms in total. The minimum Gasteiger partial charge on any atom is -0.378 e. The second-order valence-corrected chi connectivity index (χ2v) is 6.24. The monoisotopic (exact) mass is 295 g/mol. The summed E-state index contributed by atoms with van der Waals surface area (Å²) < 4.78 is 11.1. The van der Waals surface area contributed by atoms with Gasteiger partial charge in [-0.1, -0.05) is 19.0 Å². The van der Waals surface area contributed by atoms with E-state index in [9.17, 15) is 0 Å². The Morgan fingerprint density at radius 1 is 1.43 bits per heavy atom. The number of nitrogens with zero attached hydrogens (tertiary/aromatic N) is 2. The predicted molar refractivity (Wildman–Crippen MR) is 83.0 cm³/mol. The maximum atomic E-state index is 5.68. The van der Waals surface area contributed by atoms with Crippen LogP contribution < -0.4 is 5.32 Å². The van der Waals surface area contributed by atoms with Crippen molar-refractivity contribution in [3.05, 3.63) is 17.5 Å². The van der Waals surface area contributed by atoms with E-state index in [1.807, 2.05) is 0 Å². The molecule has 0 unspecified atom stereocenters. The summed E-state index contributed by atoms with van der Waals surface area (Å²) in [6.07, 6.45) is 2.67. The molecule has 0 atom stereocenters. The minimum atomic E-state index is 0.441. The van der Waals surface area contributed by atoms with Gasteiger partial charge >= 0.3 is 0 Å². The Labute approximate surface area is 128 Å². The number of nitrogens with one attached hydrogen (secondary N) is 1. The van der Waals surface area contributed by atoms with Crippen molar-refractivity contribution < 1.29 is 9.26 Å². The van der Waals surface area contributed by atoms with E-state index in [2.05, 4.69) is 42.2 Å². The number of ether oxygens (including phenoxy) is 1. The lowest BCUT2D eigenvalue weighted by Crippen LogP contribution is -2.36. The summed E-state index contributed by atoms with van der Waals surface area (Å²) in [5.74, 6) is 1.62. The highest BCUT2D eigenvalue weighted by molar-refractivity contribution is 5.05. The van der Waals surface area contributed by atoms with E-state index >= 15 is 0 Å². The maximum Gasteiger partial charge on any atom is 0.151 e. The van der Waals surface area contributed by atoms with Gasteiger partial charge in [0.25, 0.3) is 0 Å². The highest BCUT2D eigenvalue weighted by Crippen LogP contribution is 2.16. The maximum absolute atomic E-state index is 5.68. The van der Waals surface area contributed by atoms with Gasteiger partial charge in [0.15, 0.2) is 5.76 Å². The first kappa shape index (κ1) is 16.5. The van der Waals surface area contributed by atoms with E-state index in [0.29, 0.717) is 12.0 Å².